The maximum atomic E-state index is 13.3. The maximum absolute atomic E-state index is 13.3. The normalized spacial score (nSPS) is 22.3. The van der Waals surface area contributed by atoms with Crippen LogP contribution in [0.15, 0.2) is 47.6 Å². The van der Waals surface area contributed by atoms with Gasteiger partial charge in [-0.2, -0.15) is 5.26 Å². The van der Waals surface area contributed by atoms with E-state index in [4.69, 9.17) is 5.26 Å². The van der Waals surface area contributed by atoms with Crippen LogP contribution in [0.3, 0.4) is 0 Å². The van der Waals surface area contributed by atoms with E-state index >= 15 is 0 Å². The second-order valence-corrected chi connectivity index (χ2v) is 8.80. The number of aromatic nitrogens is 1. The number of hydrogen-bond donors (Lipinski definition) is 0. The van der Waals surface area contributed by atoms with Gasteiger partial charge in [0.25, 0.3) is 5.91 Å². The van der Waals surface area contributed by atoms with Crippen LogP contribution in [0.1, 0.15) is 60.0 Å². The van der Waals surface area contributed by atoms with Crippen molar-refractivity contribution in [2.75, 3.05) is 6.54 Å². The van der Waals surface area contributed by atoms with E-state index in [0.29, 0.717) is 16.7 Å². The van der Waals surface area contributed by atoms with Gasteiger partial charge in [0.15, 0.2) is 0 Å². The summed E-state index contributed by atoms with van der Waals surface area (Å²) in [7, 11) is 0. The van der Waals surface area contributed by atoms with Crippen LogP contribution in [0.5, 0.6) is 0 Å². The monoisotopic (exact) mass is 377 g/mol. The molecule has 138 valence electrons. The lowest BCUT2D eigenvalue weighted by Gasteiger charge is -2.38. The summed E-state index contributed by atoms with van der Waals surface area (Å²) in [5, 5.41) is 10.2. The van der Waals surface area contributed by atoms with Crippen molar-refractivity contribution < 1.29 is 4.79 Å². The number of carbonyl (C=O) groups is 1. The summed E-state index contributed by atoms with van der Waals surface area (Å²) in [4.78, 5) is 19.7. The Morgan fingerprint density at radius 1 is 1.22 bits per heavy atom. The minimum absolute atomic E-state index is 0.161. The fourth-order valence-corrected chi connectivity index (χ4v) is 4.91. The van der Waals surface area contributed by atoms with Crippen LogP contribution < -0.4 is 0 Å². The summed E-state index contributed by atoms with van der Waals surface area (Å²) in [6.07, 6.45) is 6.12. The van der Waals surface area contributed by atoms with Crippen molar-refractivity contribution in [3.8, 4) is 6.07 Å². The third kappa shape index (κ3) is 4.01. The topological polar surface area (TPSA) is 57.0 Å². The molecular weight excluding hydrogens is 354 g/mol. The van der Waals surface area contributed by atoms with E-state index < -0.39 is 0 Å². The number of amides is 1. The third-order valence-electron chi connectivity index (χ3n) is 5.46. The molecule has 1 aromatic heterocycles. The molecule has 1 aliphatic carbocycles. The molecule has 0 spiro atoms. The number of piperidine rings is 1. The number of benzene rings is 1. The largest absolute Gasteiger partial charge is 0.335 e. The summed E-state index contributed by atoms with van der Waals surface area (Å²) in [5.41, 5.74) is 2.72. The van der Waals surface area contributed by atoms with E-state index in [9.17, 15) is 4.79 Å². The number of hydrogen-bond acceptors (Lipinski definition) is 4. The molecule has 5 heteroatoms. The lowest BCUT2D eigenvalue weighted by atomic mass is 9.98. The first-order valence-corrected chi connectivity index (χ1v) is 10.5. The summed E-state index contributed by atoms with van der Waals surface area (Å²) in [6, 6.07) is 14.1. The molecule has 1 aromatic carbocycles. The van der Waals surface area contributed by atoms with Gasteiger partial charge in [0.05, 0.1) is 16.7 Å². The molecule has 2 aromatic rings. The number of likely N-dealkylation sites (tertiary alicyclic amines) is 1. The van der Waals surface area contributed by atoms with E-state index in [1.54, 1.807) is 24.0 Å². The van der Waals surface area contributed by atoms with Crippen LogP contribution in [-0.2, 0) is 0 Å². The fourth-order valence-electron chi connectivity index (χ4n) is 3.76. The smallest absolute Gasteiger partial charge is 0.254 e. The highest BCUT2D eigenvalue weighted by Gasteiger charge is 2.33. The van der Waals surface area contributed by atoms with Gasteiger partial charge >= 0.3 is 0 Å². The predicted molar refractivity (Wildman–Crippen MR) is 107 cm³/mol. The molecule has 0 radical (unpaired) electrons. The Kier molecular flexibility index (Phi) is 5.18. The first-order chi connectivity index (χ1) is 13.2. The number of carbonyl (C=O) groups excluding carboxylic acids is 1. The summed E-state index contributed by atoms with van der Waals surface area (Å²) in [5.74, 6) is 0.724. The number of nitrogens with zero attached hydrogens (tertiary/aromatic N) is 3. The van der Waals surface area contributed by atoms with Gasteiger partial charge in [0.1, 0.15) is 0 Å². The van der Waals surface area contributed by atoms with E-state index in [1.165, 1.54) is 18.4 Å². The quantitative estimate of drug-likeness (QED) is 0.780. The molecule has 2 heterocycles. The SMILES string of the molecule is CC1CCC(Sc2cc(C#N)ccn2)CN1C(=O)c1ccccc1C1CC1. The number of pyridine rings is 1. The molecule has 2 fully saturated rings. The molecule has 2 aliphatic rings. The molecule has 4 rings (SSSR count). The zero-order valence-corrected chi connectivity index (χ0v) is 16.3. The third-order valence-corrected chi connectivity index (χ3v) is 6.64. The van der Waals surface area contributed by atoms with Crippen LogP contribution >= 0.6 is 11.8 Å². The Morgan fingerprint density at radius 2 is 2.04 bits per heavy atom. The van der Waals surface area contributed by atoms with Crippen LogP contribution in [0.2, 0.25) is 0 Å². The molecule has 1 aliphatic heterocycles. The van der Waals surface area contributed by atoms with Crippen LogP contribution in [-0.4, -0.2) is 33.6 Å². The lowest BCUT2D eigenvalue weighted by molar-refractivity contribution is 0.0641. The van der Waals surface area contributed by atoms with Gasteiger partial charge in [0.2, 0.25) is 0 Å². The molecule has 0 N–H and O–H groups in total. The molecule has 1 saturated heterocycles. The first-order valence-electron chi connectivity index (χ1n) is 9.58. The van der Waals surface area contributed by atoms with Gasteiger partial charge in [-0.15, -0.1) is 11.8 Å². The second-order valence-electron chi connectivity index (χ2n) is 7.48. The van der Waals surface area contributed by atoms with Crippen molar-refractivity contribution in [3.63, 3.8) is 0 Å². The molecule has 0 bridgehead atoms. The highest BCUT2D eigenvalue weighted by Crippen LogP contribution is 2.42. The minimum atomic E-state index is 0.161. The van der Waals surface area contributed by atoms with Gasteiger partial charge in [-0.1, -0.05) is 18.2 Å². The Hall–Kier alpha value is -2.32. The van der Waals surface area contributed by atoms with Gasteiger partial charge in [-0.25, -0.2) is 4.98 Å². The molecule has 2 atom stereocenters. The molecule has 1 saturated carbocycles. The summed E-state index contributed by atoms with van der Waals surface area (Å²) in [6.45, 7) is 2.87. The maximum Gasteiger partial charge on any atom is 0.254 e. The van der Waals surface area contributed by atoms with Crippen molar-refractivity contribution in [3.05, 3.63) is 59.3 Å². The Labute approximate surface area is 164 Å². The lowest BCUT2D eigenvalue weighted by Crippen LogP contribution is -2.46. The average Bonchev–Trinajstić information content (AvgIpc) is 3.54. The van der Waals surface area contributed by atoms with Crippen LogP contribution in [0.25, 0.3) is 0 Å². The molecule has 2 unspecified atom stereocenters. The van der Waals surface area contributed by atoms with Crippen LogP contribution in [0, 0.1) is 11.3 Å². The summed E-state index contributed by atoms with van der Waals surface area (Å²) >= 11 is 1.68. The van der Waals surface area contributed by atoms with Crippen molar-refractivity contribution >= 4 is 17.7 Å². The van der Waals surface area contributed by atoms with Gasteiger partial charge < -0.3 is 4.90 Å². The first kappa shape index (κ1) is 18.1. The van der Waals surface area contributed by atoms with E-state index in [-0.39, 0.29) is 11.9 Å². The number of rotatable bonds is 4. The fraction of sp³-hybridized carbons (Fsp3) is 0.409. The standard InChI is InChI=1S/C22H23N3OS/c1-15-6-9-18(27-21-12-16(13-23)10-11-24-21)14-25(15)22(26)20-5-3-2-4-19(20)17-7-8-17/h2-5,10-12,15,17-18H,6-9,14H2,1H3. The molecule has 4 nitrogen and oxygen atoms in total. The zero-order chi connectivity index (χ0) is 18.8. The summed E-state index contributed by atoms with van der Waals surface area (Å²) < 4.78 is 0. The predicted octanol–water partition coefficient (Wildman–Crippen LogP) is 4.62. The Balaban J connectivity index is 1.51. The van der Waals surface area contributed by atoms with Crippen molar-refractivity contribution in [2.24, 2.45) is 0 Å². The van der Waals surface area contributed by atoms with E-state index in [1.807, 2.05) is 29.2 Å². The van der Waals surface area contributed by atoms with E-state index in [0.717, 1.165) is 30.0 Å². The van der Waals surface area contributed by atoms with Gasteiger partial charge in [-0.3, -0.25) is 4.79 Å². The average molecular weight is 378 g/mol. The van der Waals surface area contributed by atoms with Crippen molar-refractivity contribution in [2.45, 2.75) is 54.8 Å². The van der Waals surface area contributed by atoms with Gasteiger partial charge in [0, 0.05) is 29.6 Å². The van der Waals surface area contributed by atoms with Crippen LogP contribution in [0.4, 0.5) is 0 Å². The highest BCUT2D eigenvalue weighted by molar-refractivity contribution is 7.99. The Morgan fingerprint density at radius 3 is 2.81 bits per heavy atom. The minimum Gasteiger partial charge on any atom is -0.335 e. The second kappa shape index (κ2) is 7.74. The Bertz CT molecular complexity index is 887. The number of nitriles is 1. The molecular formula is C22H23N3OS. The number of thioether (sulfide) groups is 1. The molecule has 27 heavy (non-hydrogen) atoms. The van der Waals surface area contributed by atoms with Crippen molar-refractivity contribution in [1.82, 2.24) is 9.88 Å². The molecule has 1 amide bonds. The van der Waals surface area contributed by atoms with Gasteiger partial charge in [-0.05, 0) is 62.3 Å². The zero-order valence-electron chi connectivity index (χ0n) is 15.5. The van der Waals surface area contributed by atoms with Crippen molar-refractivity contribution in [1.29, 1.82) is 5.26 Å². The van der Waals surface area contributed by atoms with E-state index in [2.05, 4.69) is 24.0 Å². The highest BCUT2D eigenvalue weighted by atomic mass is 32.2.